The van der Waals surface area contributed by atoms with E-state index in [2.05, 4.69) is 22.8 Å². The van der Waals surface area contributed by atoms with Crippen LogP contribution >= 0.6 is 0 Å². The van der Waals surface area contributed by atoms with Crippen molar-refractivity contribution in [2.24, 2.45) is 19.8 Å². The molecule has 0 spiro atoms. The van der Waals surface area contributed by atoms with E-state index in [1.165, 1.54) is 30.8 Å². The SMILES string of the molecule is Cn1c(=O)cc(N2CCCCC(N)C2)n(Cc2ccccc2C#N)c1=O.Cn1c(=O)cc(NC2CCCCNC2)n(Cc2ccccc2C#N)c1=O. The summed E-state index contributed by atoms with van der Waals surface area (Å²) < 4.78 is 5.28. The maximum atomic E-state index is 12.8. The molecular weight excluding hydrogens is 660 g/mol. The third kappa shape index (κ3) is 8.96. The van der Waals surface area contributed by atoms with Crippen molar-refractivity contribution in [2.75, 3.05) is 36.4 Å². The summed E-state index contributed by atoms with van der Waals surface area (Å²) in [5.41, 5.74) is 7.23. The van der Waals surface area contributed by atoms with Gasteiger partial charge in [0, 0.05) is 57.9 Å². The average molecular weight is 707 g/mol. The summed E-state index contributed by atoms with van der Waals surface area (Å²) in [7, 11) is 2.93. The van der Waals surface area contributed by atoms with Gasteiger partial charge in [-0.15, -0.1) is 0 Å². The van der Waals surface area contributed by atoms with Gasteiger partial charge in [-0.25, -0.2) is 9.59 Å². The number of benzene rings is 2. The predicted molar refractivity (Wildman–Crippen MR) is 201 cm³/mol. The van der Waals surface area contributed by atoms with Gasteiger partial charge in [0.05, 0.1) is 36.4 Å². The van der Waals surface area contributed by atoms with Gasteiger partial charge in [0.25, 0.3) is 11.1 Å². The highest BCUT2D eigenvalue weighted by atomic mass is 16.2. The fraction of sp³-hybridized carbons (Fsp3) is 0.421. The molecule has 2 saturated heterocycles. The lowest BCUT2D eigenvalue weighted by Crippen LogP contribution is -2.44. The van der Waals surface area contributed by atoms with Crippen molar-refractivity contribution < 1.29 is 0 Å². The van der Waals surface area contributed by atoms with Gasteiger partial charge < -0.3 is 21.3 Å². The summed E-state index contributed by atoms with van der Waals surface area (Å²) in [5.74, 6) is 1.07. The van der Waals surface area contributed by atoms with Crippen LogP contribution < -0.4 is 43.8 Å². The third-order valence-corrected chi connectivity index (χ3v) is 9.64. The Labute approximate surface area is 302 Å². The van der Waals surface area contributed by atoms with Crippen molar-refractivity contribution in [2.45, 2.75) is 63.7 Å². The summed E-state index contributed by atoms with van der Waals surface area (Å²) in [4.78, 5) is 51.9. The molecule has 0 bridgehead atoms. The topological polar surface area (TPSA) is 189 Å². The van der Waals surface area contributed by atoms with Crippen molar-refractivity contribution in [3.8, 4) is 12.1 Å². The van der Waals surface area contributed by atoms with Crippen LogP contribution in [0.1, 0.15) is 60.8 Å². The van der Waals surface area contributed by atoms with Gasteiger partial charge >= 0.3 is 11.4 Å². The summed E-state index contributed by atoms with van der Waals surface area (Å²) >= 11 is 0. The first-order valence-corrected chi connectivity index (χ1v) is 17.7. The number of rotatable bonds is 7. The summed E-state index contributed by atoms with van der Waals surface area (Å²) in [6, 6.07) is 21.8. The second-order valence-corrected chi connectivity index (χ2v) is 13.3. The Morgan fingerprint density at radius 3 is 2.02 bits per heavy atom. The molecule has 2 aromatic carbocycles. The fourth-order valence-corrected chi connectivity index (χ4v) is 6.62. The van der Waals surface area contributed by atoms with Gasteiger partial charge in [-0.2, -0.15) is 10.5 Å². The zero-order chi connectivity index (χ0) is 37.2. The van der Waals surface area contributed by atoms with Crippen LogP contribution in [0.4, 0.5) is 11.6 Å². The molecule has 2 aromatic heterocycles. The van der Waals surface area contributed by atoms with E-state index in [0.717, 1.165) is 78.4 Å². The minimum atomic E-state index is -0.394. The molecular formula is C38H46N10O4. The highest BCUT2D eigenvalue weighted by molar-refractivity contribution is 5.43. The van der Waals surface area contributed by atoms with E-state index in [-0.39, 0.29) is 36.3 Å². The molecule has 14 heteroatoms. The standard InChI is InChI=1S/2C19H23N5O2/c1-23-18(25)10-17(22-16-8-4-5-9-21-12-16)24(19(23)26)13-15-7-3-2-6-14(15)11-20;1-22-18(25)10-17(23-9-5-4-8-16(21)13-23)24(19(22)26)12-15-7-3-2-6-14(15)11-20/h2-3,6-7,10,16,21-22H,4-5,8-9,12-13H2,1H3;2-3,6-7,10,16H,4-5,8-9,12-13,21H2,1H3. The lowest BCUT2D eigenvalue weighted by molar-refractivity contribution is 0.598. The quantitative estimate of drug-likeness (QED) is 0.256. The van der Waals surface area contributed by atoms with Crippen LogP contribution in [0.3, 0.4) is 0 Å². The van der Waals surface area contributed by atoms with Crippen LogP contribution in [0.25, 0.3) is 0 Å². The Kier molecular flexibility index (Phi) is 12.6. The highest BCUT2D eigenvalue weighted by Crippen LogP contribution is 2.19. The van der Waals surface area contributed by atoms with E-state index in [9.17, 15) is 29.7 Å². The lowest BCUT2D eigenvalue weighted by atomic mass is 10.1. The monoisotopic (exact) mass is 706 g/mol. The Morgan fingerprint density at radius 1 is 0.788 bits per heavy atom. The number of nitrogens with one attached hydrogen (secondary N) is 2. The largest absolute Gasteiger partial charge is 0.367 e. The lowest BCUT2D eigenvalue weighted by Gasteiger charge is -2.28. The van der Waals surface area contributed by atoms with Gasteiger partial charge in [0.2, 0.25) is 0 Å². The molecule has 2 atom stereocenters. The first-order valence-electron chi connectivity index (χ1n) is 17.7. The number of nitrogens with zero attached hydrogens (tertiary/aromatic N) is 7. The molecule has 0 radical (unpaired) electrons. The predicted octanol–water partition coefficient (Wildman–Crippen LogP) is 1.81. The molecule has 4 N–H and O–H groups in total. The van der Waals surface area contributed by atoms with E-state index >= 15 is 0 Å². The van der Waals surface area contributed by atoms with E-state index in [4.69, 9.17) is 5.73 Å². The molecule has 6 rings (SSSR count). The smallest absolute Gasteiger partial charge is 0.332 e. The molecule has 52 heavy (non-hydrogen) atoms. The molecule has 2 aliphatic heterocycles. The second kappa shape index (κ2) is 17.5. The third-order valence-electron chi connectivity index (χ3n) is 9.64. The minimum absolute atomic E-state index is 0.0107. The van der Waals surface area contributed by atoms with Gasteiger partial charge in [-0.05, 0) is 55.5 Å². The number of anilines is 2. The number of hydrogen-bond donors (Lipinski definition) is 3. The summed E-state index contributed by atoms with van der Waals surface area (Å²) in [6.45, 7) is 3.60. The maximum Gasteiger partial charge on any atom is 0.332 e. The van der Waals surface area contributed by atoms with Gasteiger partial charge in [-0.1, -0.05) is 49.2 Å². The zero-order valence-corrected chi connectivity index (χ0v) is 29.8. The van der Waals surface area contributed by atoms with Crippen LogP contribution in [0.5, 0.6) is 0 Å². The Hall–Kier alpha value is -5.70. The molecule has 2 unspecified atom stereocenters. The fourth-order valence-electron chi connectivity index (χ4n) is 6.62. The van der Waals surface area contributed by atoms with Crippen LogP contribution in [0, 0.1) is 22.7 Å². The van der Waals surface area contributed by atoms with E-state index in [1.807, 2.05) is 29.2 Å². The van der Waals surface area contributed by atoms with Crippen molar-refractivity contribution in [3.05, 3.63) is 125 Å². The Balaban J connectivity index is 0.000000201. The number of nitriles is 2. The first-order chi connectivity index (χ1) is 25.1. The Bertz CT molecular complexity index is 2200. The van der Waals surface area contributed by atoms with Crippen molar-refractivity contribution in [1.29, 1.82) is 10.5 Å². The van der Waals surface area contributed by atoms with Gasteiger partial charge in [0.1, 0.15) is 11.6 Å². The highest BCUT2D eigenvalue weighted by Gasteiger charge is 2.21. The molecule has 2 fully saturated rings. The van der Waals surface area contributed by atoms with E-state index < -0.39 is 11.4 Å². The number of aromatic nitrogens is 4. The van der Waals surface area contributed by atoms with Crippen molar-refractivity contribution >= 4 is 11.6 Å². The molecule has 272 valence electrons. The molecule has 0 amide bonds. The van der Waals surface area contributed by atoms with Crippen LogP contribution in [-0.2, 0) is 27.2 Å². The maximum absolute atomic E-state index is 12.8. The first kappa shape index (κ1) is 37.6. The molecule has 2 aliphatic rings. The average Bonchev–Trinajstić information content (AvgIpc) is 3.55. The van der Waals surface area contributed by atoms with E-state index in [1.54, 1.807) is 28.8 Å². The normalized spacial score (nSPS) is 17.4. The van der Waals surface area contributed by atoms with Crippen molar-refractivity contribution in [3.63, 3.8) is 0 Å². The zero-order valence-electron chi connectivity index (χ0n) is 29.8. The Morgan fingerprint density at radius 2 is 1.37 bits per heavy atom. The summed E-state index contributed by atoms with van der Waals surface area (Å²) in [5, 5.41) is 25.4. The molecule has 0 aliphatic carbocycles. The second-order valence-electron chi connectivity index (χ2n) is 13.3. The molecule has 4 aromatic rings. The number of hydrogen-bond acceptors (Lipinski definition) is 10. The molecule has 4 heterocycles. The minimum Gasteiger partial charge on any atom is -0.367 e. The molecule has 14 nitrogen and oxygen atoms in total. The van der Waals surface area contributed by atoms with Crippen molar-refractivity contribution in [1.82, 2.24) is 23.6 Å². The molecule has 0 saturated carbocycles. The number of nitrogens with two attached hydrogens (primary N) is 1. The van der Waals surface area contributed by atoms with E-state index in [0.29, 0.717) is 29.3 Å². The van der Waals surface area contributed by atoms with Crippen LogP contribution in [0.2, 0.25) is 0 Å². The van der Waals surface area contributed by atoms with Gasteiger partial charge in [-0.3, -0.25) is 27.9 Å². The van der Waals surface area contributed by atoms with Crippen LogP contribution in [-0.4, -0.2) is 56.5 Å². The van der Waals surface area contributed by atoms with Crippen LogP contribution in [0.15, 0.2) is 79.8 Å². The van der Waals surface area contributed by atoms with Gasteiger partial charge in [0.15, 0.2) is 0 Å². The summed E-state index contributed by atoms with van der Waals surface area (Å²) in [6.07, 6.45) is 6.12.